The van der Waals surface area contributed by atoms with E-state index in [4.69, 9.17) is 21.1 Å². The van der Waals surface area contributed by atoms with Crippen LogP contribution in [0.2, 0.25) is 5.02 Å². The fourth-order valence-electron chi connectivity index (χ4n) is 1.94. The summed E-state index contributed by atoms with van der Waals surface area (Å²) in [6.45, 7) is 2.31. The van der Waals surface area contributed by atoms with Gasteiger partial charge < -0.3 is 9.52 Å². The van der Waals surface area contributed by atoms with Crippen molar-refractivity contribution in [3.05, 3.63) is 41.2 Å². The first-order valence-electron chi connectivity index (χ1n) is 6.76. The predicted octanol–water partition coefficient (Wildman–Crippen LogP) is 3.34. The van der Waals surface area contributed by atoms with Crippen molar-refractivity contribution in [3.8, 4) is 11.5 Å². The van der Waals surface area contributed by atoms with E-state index in [1.165, 1.54) is 6.26 Å². The van der Waals surface area contributed by atoms with Gasteiger partial charge in [-0.05, 0) is 30.7 Å². The maximum Gasteiger partial charge on any atom is 0.320 e. The molecular formula is C15H17ClN2O3. The highest BCUT2D eigenvalue weighted by atomic mass is 35.5. The van der Waals surface area contributed by atoms with E-state index in [0.29, 0.717) is 29.6 Å². The van der Waals surface area contributed by atoms with Crippen molar-refractivity contribution < 1.29 is 14.3 Å². The molecule has 1 aromatic carbocycles. The summed E-state index contributed by atoms with van der Waals surface area (Å²) in [6, 6.07) is 6.61. The normalized spacial score (nSPS) is 12.3. The van der Waals surface area contributed by atoms with Gasteiger partial charge in [0.1, 0.15) is 12.3 Å². The highest BCUT2D eigenvalue weighted by Crippen LogP contribution is 2.20. The predicted molar refractivity (Wildman–Crippen MR) is 80.1 cm³/mol. The van der Waals surface area contributed by atoms with Gasteiger partial charge in [-0.15, -0.1) is 0 Å². The molecule has 1 unspecified atom stereocenters. The van der Waals surface area contributed by atoms with Crippen LogP contribution in [-0.2, 0) is 11.3 Å². The largest absolute Gasteiger partial charge is 0.480 e. The van der Waals surface area contributed by atoms with Gasteiger partial charge in [-0.3, -0.25) is 10.1 Å². The van der Waals surface area contributed by atoms with Crippen LogP contribution in [-0.4, -0.2) is 22.1 Å². The van der Waals surface area contributed by atoms with E-state index in [2.05, 4.69) is 10.3 Å². The maximum atomic E-state index is 11.1. The first-order valence-corrected chi connectivity index (χ1v) is 7.14. The van der Waals surface area contributed by atoms with Gasteiger partial charge in [-0.1, -0.05) is 24.9 Å². The standard InChI is InChI=1S/C15H17ClN2O3/c1-2-3-13(15(19)20)17-8-12-9-21-14(18-12)10-4-6-11(16)7-5-10/h4-7,9,13,17H,2-3,8H2,1H3,(H,19,20). The first kappa shape index (κ1) is 15.5. The minimum atomic E-state index is -0.849. The summed E-state index contributed by atoms with van der Waals surface area (Å²) in [5.74, 6) is -0.357. The summed E-state index contributed by atoms with van der Waals surface area (Å²) < 4.78 is 5.40. The van der Waals surface area contributed by atoms with Crippen LogP contribution in [0.25, 0.3) is 11.5 Å². The number of aliphatic carboxylic acids is 1. The number of aromatic nitrogens is 1. The topological polar surface area (TPSA) is 75.4 Å². The van der Waals surface area contributed by atoms with Crippen molar-refractivity contribution in [2.75, 3.05) is 0 Å². The second-order valence-corrected chi connectivity index (χ2v) is 5.15. The summed E-state index contributed by atoms with van der Waals surface area (Å²) in [6.07, 6.45) is 2.91. The highest BCUT2D eigenvalue weighted by molar-refractivity contribution is 6.30. The molecule has 2 aromatic rings. The summed E-state index contributed by atoms with van der Waals surface area (Å²) in [5.41, 5.74) is 1.50. The third kappa shape index (κ3) is 4.31. The fraction of sp³-hybridized carbons (Fsp3) is 0.333. The van der Waals surface area contributed by atoms with E-state index in [0.717, 1.165) is 12.0 Å². The lowest BCUT2D eigenvalue weighted by Crippen LogP contribution is -2.36. The maximum absolute atomic E-state index is 11.1. The molecule has 5 nitrogen and oxygen atoms in total. The Balaban J connectivity index is 2.00. The van der Waals surface area contributed by atoms with E-state index >= 15 is 0 Å². The number of benzene rings is 1. The molecule has 0 amide bonds. The molecule has 2 N–H and O–H groups in total. The molecule has 112 valence electrons. The second kappa shape index (κ2) is 7.24. The van der Waals surface area contributed by atoms with Gasteiger partial charge in [0, 0.05) is 17.1 Å². The average molecular weight is 309 g/mol. The number of carboxylic acid groups (broad SMARTS) is 1. The van der Waals surface area contributed by atoms with E-state index < -0.39 is 12.0 Å². The van der Waals surface area contributed by atoms with Gasteiger partial charge in [-0.25, -0.2) is 4.98 Å². The van der Waals surface area contributed by atoms with E-state index in [-0.39, 0.29) is 0 Å². The van der Waals surface area contributed by atoms with Crippen LogP contribution in [0.15, 0.2) is 34.9 Å². The smallest absolute Gasteiger partial charge is 0.320 e. The Morgan fingerprint density at radius 3 is 2.76 bits per heavy atom. The summed E-state index contributed by atoms with van der Waals surface area (Å²) in [4.78, 5) is 15.4. The highest BCUT2D eigenvalue weighted by Gasteiger charge is 2.16. The van der Waals surface area contributed by atoms with Crippen molar-refractivity contribution in [2.45, 2.75) is 32.4 Å². The first-order chi connectivity index (χ1) is 10.1. The Kier molecular flexibility index (Phi) is 5.36. The Bertz CT molecular complexity index is 595. The summed E-state index contributed by atoms with van der Waals surface area (Å²) >= 11 is 5.83. The molecule has 0 bridgehead atoms. The molecular weight excluding hydrogens is 292 g/mol. The molecule has 0 saturated carbocycles. The van der Waals surface area contributed by atoms with E-state index in [9.17, 15) is 4.79 Å². The zero-order valence-electron chi connectivity index (χ0n) is 11.7. The number of carboxylic acids is 1. The lowest BCUT2D eigenvalue weighted by atomic mass is 10.1. The third-order valence-electron chi connectivity index (χ3n) is 3.05. The van der Waals surface area contributed by atoms with Crippen LogP contribution in [0, 0.1) is 0 Å². The van der Waals surface area contributed by atoms with Gasteiger partial charge in [-0.2, -0.15) is 0 Å². The van der Waals surface area contributed by atoms with Crippen LogP contribution < -0.4 is 5.32 Å². The number of nitrogens with one attached hydrogen (secondary N) is 1. The van der Waals surface area contributed by atoms with Crippen LogP contribution in [0.5, 0.6) is 0 Å². The van der Waals surface area contributed by atoms with Gasteiger partial charge in [0.25, 0.3) is 0 Å². The SMILES string of the molecule is CCCC(NCc1coc(-c2ccc(Cl)cc2)n1)C(=O)O. The fourth-order valence-corrected chi connectivity index (χ4v) is 2.07. The third-order valence-corrected chi connectivity index (χ3v) is 3.30. The van der Waals surface area contributed by atoms with Gasteiger partial charge in [0.05, 0.1) is 5.69 Å². The van der Waals surface area contributed by atoms with Gasteiger partial charge in [0.15, 0.2) is 0 Å². The number of rotatable bonds is 7. The van der Waals surface area contributed by atoms with Crippen LogP contribution in [0.1, 0.15) is 25.5 Å². The van der Waals surface area contributed by atoms with Crippen molar-refractivity contribution >= 4 is 17.6 Å². The minimum absolute atomic E-state index is 0.355. The zero-order valence-corrected chi connectivity index (χ0v) is 12.4. The van der Waals surface area contributed by atoms with Gasteiger partial charge in [0.2, 0.25) is 5.89 Å². The molecule has 1 atom stereocenters. The average Bonchev–Trinajstić information content (AvgIpc) is 2.92. The van der Waals surface area contributed by atoms with Crippen molar-refractivity contribution in [2.24, 2.45) is 0 Å². The molecule has 0 spiro atoms. The lowest BCUT2D eigenvalue weighted by Gasteiger charge is -2.11. The number of halogens is 1. The lowest BCUT2D eigenvalue weighted by molar-refractivity contribution is -0.139. The minimum Gasteiger partial charge on any atom is -0.480 e. The molecule has 0 aliphatic heterocycles. The van der Waals surface area contributed by atoms with Crippen LogP contribution in [0.3, 0.4) is 0 Å². The van der Waals surface area contributed by atoms with Crippen molar-refractivity contribution in [1.29, 1.82) is 0 Å². The molecule has 1 heterocycles. The Hall–Kier alpha value is -1.85. The van der Waals surface area contributed by atoms with Gasteiger partial charge >= 0.3 is 5.97 Å². The number of hydrogen-bond donors (Lipinski definition) is 2. The molecule has 21 heavy (non-hydrogen) atoms. The number of carbonyl (C=O) groups is 1. The number of oxazole rings is 1. The Morgan fingerprint density at radius 2 is 2.14 bits per heavy atom. The number of hydrogen-bond acceptors (Lipinski definition) is 4. The van der Waals surface area contributed by atoms with Crippen LogP contribution >= 0.6 is 11.6 Å². The molecule has 1 aromatic heterocycles. The quantitative estimate of drug-likeness (QED) is 0.820. The summed E-state index contributed by atoms with van der Waals surface area (Å²) in [5, 5.41) is 12.7. The number of nitrogens with zero attached hydrogens (tertiary/aromatic N) is 1. The van der Waals surface area contributed by atoms with E-state index in [1.807, 2.05) is 19.1 Å². The molecule has 6 heteroatoms. The Labute approximate surface area is 128 Å². The molecule has 0 radical (unpaired) electrons. The molecule has 0 aliphatic carbocycles. The zero-order chi connectivity index (χ0) is 15.2. The van der Waals surface area contributed by atoms with E-state index in [1.54, 1.807) is 12.1 Å². The monoisotopic (exact) mass is 308 g/mol. The molecule has 0 aliphatic rings. The molecule has 2 rings (SSSR count). The van der Waals surface area contributed by atoms with Crippen LogP contribution in [0.4, 0.5) is 0 Å². The molecule has 0 fully saturated rings. The van der Waals surface area contributed by atoms with Crippen molar-refractivity contribution in [1.82, 2.24) is 10.3 Å². The Morgan fingerprint density at radius 1 is 1.43 bits per heavy atom. The second-order valence-electron chi connectivity index (χ2n) is 4.71. The summed E-state index contributed by atoms with van der Waals surface area (Å²) in [7, 11) is 0. The molecule has 0 saturated heterocycles. The van der Waals surface area contributed by atoms with Crippen molar-refractivity contribution in [3.63, 3.8) is 0 Å².